The van der Waals surface area contributed by atoms with Gasteiger partial charge in [-0.2, -0.15) is 0 Å². The van der Waals surface area contributed by atoms with Gasteiger partial charge in [0.15, 0.2) is 9.84 Å². The molecular weight excluding hydrogens is 359 g/mol. The summed E-state index contributed by atoms with van der Waals surface area (Å²) in [7, 11) is -3.01. The van der Waals surface area contributed by atoms with Crippen LogP contribution in [0.15, 0.2) is 30.3 Å². The maximum Gasteiger partial charge on any atom is 0.270 e. The summed E-state index contributed by atoms with van der Waals surface area (Å²) in [6, 6.07) is 7.12. The van der Waals surface area contributed by atoms with E-state index < -0.39 is 9.84 Å². The molecule has 26 heavy (non-hydrogen) atoms. The predicted octanol–water partition coefficient (Wildman–Crippen LogP) is 1.45. The summed E-state index contributed by atoms with van der Waals surface area (Å²) in [6.07, 6.45) is 0.511. The fraction of sp³-hybridized carbons (Fsp3) is 0.353. The molecule has 1 saturated heterocycles. The number of amides is 1. The molecule has 0 spiro atoms. The van der Waals surface area contributed by atoms with Crippen LogP contribution >= 0.6 is 0 Å². The van der Waals surface area contributed by atoms with Gasteiger partial charge in [0.1, 0.15) is 23.2 Å². The van der Waals surface area contributed by atoms with Gasteiger partial charge in [0.05, 0.1) is 11.5 Å². The smallest absolute Gasteiger partial charge is 0.270 e. The molecule has 1 aromatic carbocycles. The van der Waals surface area contributed by atoms with Gasteiger partial charge < -0.3 is 10.6 Å². The highest BCUT2D eigenvalue weighted by molar-refractivity contribution is 7.91. The van der Waals surface area contributed by atoms with Crippen LogP contribution in [0.2, 0.25) is 0 Å². The Bertz CT molecular complexity index is 916. The van der Waals surface area contributed by atoms with Crippen LogP contribution in [0.25, 0.3) is 0 Å². The highest BCUT2D eigenvalue weighted by Crippen LogP contribution is 2.17. The number of aromatic nitrogens is 2. The first-order chi connectivity index (χ1) is 12.3. The number of benzene rings is 1. The van der Waals surface area contributed by atoms with Crippen LogP contribution in [-0.2, 0) is 16.4 Å². The van der Waals surface area contributed by atoms with Crippen molar-refractivity contribution in [3.8, 4) is 0 Å². The van der Waals surface area contributed by atoms with Crippen molar-refractivity contribution in [2.24, 2.45) is 0 Å². The Morgan fingerprint density at radius 3 is 2.65 bits per heavy atom. The zero-order valence-corrected chi connectivity index (χ0v) is 15.0. The molecule has 1 fully saturated rings. The summed E-state index contributed by atoms with van der Waals surface area (Å²) in [5, 5.41) is 5.78. The second kappa shape index (κ2) is 7.36. The maximum absolute atomic E-state index is 12.9. The molecule has 9 heteroatoms. The van der Waals surface area contributed by atoms with Gasteiger partial charge in [-0.3, -0.25) is 4.79 Å². The van der Waals surface area contributed by atoms with Crippen molar-refractivity contribution in [3.63, 3.8) is 0 Å². The van der Waals surface area contributed by atoms with E-state index in [9.17, 15) is 17.6 Å². The molecule has 1 aliphatic heterocycles. The van der Waals surface area contributed by atoms with Crippen LogP contribution in [0.3, 0.4) is 0 Å². The van der Waals surface area contributed by atoms with Crippen LogP contribution in [0.5, 0.6) is 0 Å². The zero-order valence-electron chi connectivity index (χ0n) is 14.2. The van der Waals surface area contributed by atoms with Crippen LogP contribution in [0, 0.1) is 12.7 Å². The first-order valence-corrected chi connectivity index (χ1v) is 9.98. The summed E-state index contributed by atoms with van der Waals surface area (Å²) in [5.41, 5.74) is 0.947. The molecule has 1 unspecified atom stereocenters. The Hall–Kier alpha value is -2.55. The number of carbonyl (C=O) groups excluding carboxylic acids is 1. The molecule has 0 aliphatic carbocycles. The number of hydrogen-bond acceptors (Lipinski definition) is 6. The summed E-state index contributed by atoms with van der Waals surface area (Å²) in [6.45, 7) is 1.90. The predicted molar refractivity (Wildman–Crippen MR) is 95.0 cm³/mol. The number of aryl methyl sites for hydroxylation is 1. The Balaban J connectivity index is 1.66. The molecule has 0 radical (unpaired) electrons. The Labute approximate surface area is 151 Å². The molecule has 1 atom stereocenters. The van der Waals surface area contributed by atoms with Gasteiger partial charge >= 0.3 is 0 Å². The van der Waals surface area contributed by atoms with Crippen molar-refractivity contribution in [1.82, 2.24) is 15.3 Å². The van der Waals surface area contributed by atoms with Crippen molar-refractivity contribution in [3.05, 3.63) is 53.2 Å². The van der Waals surface area contributed by atoms with Gasteiger partial charge in [-0.15, -0.1) is 0 Å². The normalized spacial score (nSPS) is 18.5. The summed E-state index contributed by atoms with van der Waals surface area (Å²) >= 11 is 0. The lowest BCUT2D eigenvalue weighted by Crippen LogP contribution is -2.26. The lowest BCUT2D eigenvalue weighted by atomic mass is 10.2. The molecule has 7 nitrogen and oxygen atoms in total. The van der Waals surface area contributed by atoms with E-state index in [-0.39, 0.29) is 41.5 Å². The first kappa shape index (κ1) is 18.2. The molecule has 2 heterocycles. The molecule has 2 N–H and O–H groups in total. The van der Waals surface area contributed by atoms with Crippen LogP contribution in [-0.4, -0.2) is 41.8 Å². The quantitative estimate of drug-likeness (QED) is 0.817. The lowest BCUT2D eigenvalue weighted by molar-refractivity contribution is 0.0945. The van der Waals surface area contributed by atoms with Crippen LogP contribution in [0.4, 0.5) is 10.2 Å². The van der Waals surface area contributed by atoms with E-state index in [1.54, 1.807) is 19.1 Å². The number of rotatable bonds is 5. The van der Waals surface area contributed by atoms with Crippen molar-refractivity contribution in [2.75, 3.05) is 16.8 Å². The molecule has 2 aromatic rings. The Morgan fingerprint density at radius 2 is 2.00 bits per heavy atom. The average Bonchev–Trinajstić information content (AvgIpc) is 2.92. The number of nitrogens with one attached hydrogen (secondary N) is 2. The second-order valence-electron chi connectivity index (χ2n) is 6.24. The molecule has 138 valence electrons. The van der Waals surface area contributed by atoms with E-state index >= 15 is 0 Å². The zero-order chi connectivity index (χ0) is 18.7. The van der Waals surface area contributed by atoms with E-state index in [1.807, 2.05) is 0 Å². The van der Waals surface area contributed by atoms with Gasteiger partial charge in [0, 0.05) is 18.7 Å². The summed E-state index contributed by atoms with van der Waals surface area (Å²) in [4.78, 5) is 20.7. The van der Waals surface area contributed by atoms with Gasteiger partial charge in [-0.05, 0) is 31.0 Å². The van der Waals surface area contributed by atoms with E-state index in [2.05, 4.69) is 20.6 Å². The fourth-order valence-corrected chi connectivity index (χ4v) is 4.42. The minimum atomic E-state index is -3.01. The van der Waals surface area contributed by atoms with Crippen molar-refractivity contribution >= 4 is 21.6 Å². The summed E-state index contributed by atoms with van der Waals surface area (Å²) in [5.74, 6) is 0.314. The van der Waals surface area contributed by atoms with Gasteiger partial charge in [0.2, 0.25) is 0 Å². The molecule has 1 aromatic heterocycles. The van der Waals surface area contributed by atoms with Crippen LogP contribution < -0.4 is 10.6 Å². The van der Waals surface area contributed by atoms with E-state index in [1.165, 1.54) is 18.2 Å². The van der Waals surface area contributed by atoms with Crippen molar-refractivity contribution in [1.29, 1.82) is 0 Å². The highest BCUT2D eigenvalue weighted by atomic mass is 32.2. The Morgan fingerprint density at radius 1 is 1.27 bits per heavy atom. The molecule has 3 rings (SSSR count). The molecule has 0 bridgehead atoms. The first-order valence-electron chi connectivity index (χ1n) is 8.16. The minimum Gasteiger partial charge on any atom is -0.366 e. The molecule has 1 amide bonds. The SMILES string of the molecule is Cc1nc(NC2CCS(=O)(=O)C2)cc(C(=O)NCc2ccc(F)cc2)n1. The Kier molecular flexibility index (Phi) is 5.17. The maximum atomic E-state index is 12.9. The van der Waals surface area contributed by atoms with Gasteiger partial charge in [-0.1, -0.05) is 12.1 Å². The van der Waals surface area contributed by atoms with Crippen LogP contribution in [0.1, 0.15) is 28.3 Å². The highest BCUT2D eigenvalue weighted by Gasteiger charge is 2.28. The summed E-state index contributed by atoms with van der Waals surface area (Å²) < 4.78 is 36.0. The van der Waals surface area contributed by atoms with E-state index in [4.69, 9.17) is 0 Å². The third-order valence-corrected chi connectivity index (χ3v) is 5.79. The number of halogens is 1. The average molecular weight is 378 g/mol. The van der Waals surface area contributed by atoms with Gasteiger partial charge in [0.25, 0.3) is 5.91 Å². The van der Waals surface area contributed by atoms with Crippen molar-refractivity contribution in [2.45, 2.75) is 25.9 Å². The number of sulfone groups is 1. The third kappa shape index (κ3) is 4.75. The molecule has 0 saturated carbocycles. The number of carbonyl (C=O) groups is 1. The third-order valence-electron chi connectivity index (χ3n) is 4.02. The standard InChI is InChI=1S/C17H19FN4O3S/c1-11-20-15(17(23)19-9-12-2-4-13(18)5-3-12)8-16(21-11)22-14-6-7-26(24,25)10-14/h2-5,8,14H,6-7,9-10H2,1H3,(H,19,23)(H,20,21,22). The number of anilines is 1. The largest absolute Gasteiger partial charge is 0.366 e. The molecular formula is C17H19FN4O3S. The van der Waals surface area contributed by atoms with E-state index in [0.717, 1.165) is 5.56 Å². The second-order valence-corrected chi connectivity index (χ2v) is 8.47. The molecule has 1 aliphatic rings. The lowest BCUT2D eigenvalue weighted by Gasteiger charge is -2.13. The number of nitrogens with zero attached hydrogens (tertiary/aromatic N) is 2. The van der Waals surface area contributed by atoms with Crippen molar-refractivity contribution < 1.29 is 17.6 Å². The topological polar surface area (TPSA) is 101 Å². The number of hydrogen-bond donors (Lipinski definition) is 2. The van der Waals surface area contributed by atoms with Gasteiger partial charge in [-0.25, -0.2) is 22.8 Å². The monoisotopic (exact) mass is 378 g/mol. The minimum absolute atomic E-state index is 0.0577. The fourth-order valence-electron chi connectivity index (χ4n) is 2.75. The van der Waals surface area contributed by atoms with E-state index in [0.29, 0.717) is 18.1 Å².